The molecule has 6 fully saturated rings. The number of carbonyl (C=O) groups excluding carboxylic acids is 1. The van der Waals surface area contributed by atoms with Crippen LogP contribution < -0.4 is 5.73 Å². The van der Waals surface area contributed by atoms with Crippen molar-refractivity contribution in [3.63, 3.8) is 0 Å². The molecule has 208 valence electrons. The summed E-state index contributed by atoms with van der Waals surface area (Å²) in [5, 5.41) is 12.7. The van der Waals surface area contributed by atoms with Gasteiger partial charge in [-0.2, -0.15) is 0 Å². The van der Waals surface area contributed by atoms with E-state index in [2.05, 4.69) is 11.8 Å². The molecule has 38 heavy (non-hydrogen) atoms. The number of likely N-dealkylation sites (tertiary alicyclic amines) is 1. The minimum atomic E-state index is -0.887. The van der Waals surface area contributed by atoms with E-state index in [9.17, 15) is 9.90 Å². The molecule has 6 aliphatic rings. The monoisotopic (exact) mass is 526 g/mol. The van der Waals surface area contributed by atoms with Gasteiger partial charge < -0.3 is 29.8 Å². The zero-order chi connectivity index (χ0) is 26.6. The fourth-order valence-electron chi connectivity index (χ4n) is 11.3. The van der Waals surface area contributed by atoms with E-state index in [0.29, 0.717) is 24.2 Å². The van der Waals surface area contributed by atoms with E-state index in [4.69, 9.17) is 24.7 Å². The Labute approximate surface area is 225 Å². The average Bonchev–Trinajstić information content (AvgIpc) is 3.38. The number of fused-ring (bicyclic) bond motifs is 2. The molecular formula is C30H42N2O6. The maximum atomic E-state index is 13.7. The van der Waals surface area contributed by atoms with Crippen molar-refractivity contribution in [3.05, 3.63) is 29.8 Å². The molecule has 1 heterocycles. The second kappa shape index (κ2) is 8.40. The molecule has 1 saturated heterocycles. The Morgan fingerprint density at radius 1 is 1.13 bits per heavy atom. The average molecular weight is 527 g/mol. The van der Waals surface area contributed by atoms with Crippen LogP contribution in [-0.4, -0.2) is 86.0 Å². The van der Waals surface area contributed by atoms with Gasteiger partial charge >= 0.3 is 5.97 Å². The highest BCUT2D eigenvalue weighted by Gasteiger charge is 2.84. The number of anilines is 1. The number of hydrogen-bond acceptors (Lipinski definition) is 8. The normalized spacial score (nSPS) is 50.2. The van der Waals surface area contributed by atoms with Gasteiger partial charge in [-0.1, -0.05) is 19.1 Å². The SMILES string of the molecule is CCN1C[C@]2(OC(=O)c3ccccc3N)CCC(OC)C34C5CC6C(OC)C5[C@](O)(C[C@@H]6OC)C(CC32)C14. The second-order valence-corrected chi connectivity index (χ2v) is 12.9. The van der Waals surface area contributed by atoms with Crippen LogP contribution in [0, 0.1) is 35.0 Å². The van der Waals surface area contributed by atoms with Gasteiger partial charge in [0, 0.05) is 75.1 Å². The number of likely N-dealkylation sites (N-methyl/N-ethyl adjacent to an activating group) is 1. The number of carbonyl (C=O) groups is 1. The molecule has 3 N–H and O–H groups in total. The van der Waals surface area contributed by atoms with Crippen molar-refractivity contribution in [2.45, 2.75) is 74.6 Å². The molecule has 1 aromatic carbocycles. The van der Waals surface area contributed by atoms with E-state index < -0.39 is 11.2 Å². The fourth-order valence-corrected chi connectivity index (χ4v) is 11.3. The Kier molecular flexibility index (Phi) is 5.59. The third-order valence-electron chi connectivity index (χ3n) is 12.2. The molecule has 7 bridgehead atoms. The Morgan fingerprint density at radius 2 is 1.92 bits per heavy atom. The number of nitrogens with zero attached hydrogens (tertiary/aromatic N) is 1. The Hall–Kier alpha value is -1.71. The summed E-state index contributed by atoms with van der Waals surface area (Å²) < 4.78 is 25.3. The number of nitrogens with two attached hydrogens (primary N) is 1. The molecule has 1 aliphatic heterocycles. The number of aliphatic hydroxyl groups is 1. The van der Waals surface area contributed by atoms with Gasteiger partial charge in [0.1, 0.15) is 5.60 Å². The highest BCUT2D eigenvalue weighted by molar-refractivity contribution is 5.95. The molecule has 5 aliphatic carbocycles. The number of nitrogen functional groups attached to an aromatic ring is 1. The lowest BCUT2D eigenvalue weighted by atomic mass is 9.45. The molecule has 7 rings (SSSR count). The largest absolute Gasteiger partial charge is 0.454 e. The third kappa shape index (κ3) is 2.81. The van der Waals surface area contributed by atoms with E-state index >= 15 is 0 Å². The van der Waals surface area contributed by atoms with E-state index in [0.717, 1.165) is 32.2 Å². The molecule has 9 unspecified atom stereocenters. The van der Waals surface area contributed by atoms with Crippen LogP contribution in [0.25, 0.3) is 0 Å². The van der Waals surface area contributed by atoms with Gasteiger partial charge in [-0.25, -0.2) is 4.79 Å². The number of para-hydroxylation sites is 1. The van der Waals surface area contributed by atoms with Gasteiger partial charge in [0.15, 0.2) is 0 Å². The highest BCUT2D eigenvalue weighted by Crippen LogP contribution is 2.78. The van der Waals surface area contributed by atoms with Crippen LogP contribution in [0.5, 0.6) is 0 Å². The predicted octanol–water partition coefficient (Wildman–Crippen LogP) is 2.73. The van der Waals surface area contributed by atoms with Crippen LogP contribution in [-0.2, 0) is 18.9 Å². The van der Waals surface area contributed by atoms with Gasteiger partial charge in [0.2, 0.25) is 0 Å². The highest BCUT2D eigenvalue weighted by atomic mass is 16.6. The number of ether oxygens (including phenoxy) is 4. The first kappa shape index (κ1) is 25.3. The van der Waals surface area contributed by atoms with E-state index in [1.165, 1.54) is 0 Å². The quantitative estimate of drug-likeness (QED) is 0.431. The van der Waals surface area contributed by atoms with Crippen LogP contribution >= 0.6 is 0 Å². The van der Waals surface area contributed by atoms with Gasteiger partial charge in [0.25, 0.3) is 0 Å². The number of piperidine rings is 1. The van der Waals surface area contributed by atoms with Crippen molar-refractivity contribution in [2.24, 2.45) is 35.0 Å². The minimum Gasteiger partial charge on any atom is -0.454 e. The lowest BCUT2D eigenvalue weighted by Crippen LogP contribution is -2.78. The summed E-state index contributed by atoms with van der Waals surface area (Å²) in [5.74, 6) is 0.280. The van der Waals surface area contributed by atoms with Gasteiger partial charge in [-0.15, -0.1) is 0 Å². The summed E-state index contributed by atoms with van der Waals surface area (Å²) in [4.78, 5) is 16.2. The molecule has 12 atom stereocenters. The molecule has 1 spiro atoms. The maximum absolute atomic E-state index is 13.7. The van der Waals surface area contributed by atoms with Crippen LogP contribution in [0.4, 0.5) is 5.69 Å². The first-order chi connectivity index (χ1) is 18.3. The molecular weight excluding hydrogens is 484 g/mol. The molecule has 8 heteroatoms. The Morgan fingerprint density at radius 3 is 2.61 bits per heavy atom. The number of hydrogen-bond donors (Lipinski definition) is 2. The Bertz CT molecular complexity index is 1130. The van der Waals surface area contributed by atoms with E-state index in [1.54, 1.807) is 26.4 Å². The zero-order valence-corrected chi connectivity index (χ0v) is 23.0. The lowest BCUT2D eigenvalue weighted by molar-refractivity contribution is -0.284. The molecule has 0 radical (unpaired) electrons. The summed E-state index contributed by atoms with van der Waals surface area (Å²) in [6.07, 6.45) is 3.96. The molecule has 8 nitrogen and oxygen atoms in total. The van der Waals surface area contributed by atoms with Crippen molar-refractivity contribution >= 4 is 11.7 Å². The first-order valence-electron chi connectivity index (χ1n) is 14.4. The van der Waals surface area contributed by atoms with Crippen molar-refractivity contribution in [1.29, 1.82) is 0 Å². The van der Waals surface area contributed by atoms with Gasteiger partial charge in [-0.05, 0) is 50.3 Å². The smallest absolute Gasteiger partial charge is 0.340 e. The first-order valence-corrected chi connectivity index (χ1v) is 14.4. The van der Waals surface area contributed by atoms with Crippen molar-refractivity contribution < 1.29 is 28.8 Å². The van der Waals surface area contributed by atoms with Gasteiger partial charge in [-0.3, -0.25) is 4.90 Å². The summed E-state index contributed by atoms with van der Waals surface area (Å²) in [5.41, 5.74) is 5.31. The molecule has 0 aromatic heterocycles. The molecule has 1 aromatic rings. The molecule has 0 amide bonds. The second-order valence-electron chi connectivity index (χ2n) is 12.9. The maximum Gasteiger partial charge on any atom is 0.340 e. The summed E-state index contributed by atoms with van der Waals surface area (Å²) >= 11 is 0. The minimum absolute atomic E-state index is 0.0231. The zero-order valence-electron chi connectivity index (χ0n) is 23.0. The summed E-state index contributed by atoms with van der Waals surface area (Å²) in [7, 11) is 5.40. The fraction of sp³-hybridized carbons (Fsp3) is 0.767. The van der Waals surface area contributed by atoms with Crippen LogP contribution in [0.3, 0.4) is 0 Å². The number of esters is 1. The third-order valence-corrected chi connectivity index (χ3v) is 12.2. The number of rotatable bonds is 6. The topological polar surface area (TPSA) is 103 Å². The van der Waals surface area contributed by atoms with Crippen LogP contribution in [0.1, 0.15) is 49.4 Å². The van der Waals surface area contributed by atoms with Crippen LogP contribution in [0.15, 0.2) is 24.3 Å². The molecule has 5 saturated carbocycles. The standard InChI is InChI=1S/C30H42N2O6/c1-5-32-15-28(38-27(33)16-8-6-7-9-20(16)31)11-10-23(36-3)30-18-12-17-21(35-2)14-29(34,24(18)25(17)37-4)19(26(30)32)13-22(28)30/h6-9,17-19,21-26,34H,5,10-15,31H2,1-4H3/t17?,18?,19?,21-,22?,23?,24?,25?,26?,28+,29-,30?/m0/s1. The predicted molar refractivity (Wildman–Crippen MR) is 140 cm³/mol. The summed E-state index contributed by atoms with van der Waals surface area (Å²) in [6.45, 7) is 3.71. The van der Waals surface area contributed by atoms with Crippen LogP contribution in [0.2, 0.25) is 0 Å². The number of benzene rings is 1. The lowest BCUT2D eigenvalue weighted by Gasteiger charge is -2.69. The van der Waals surface area contributed by atoms with E-state index in [-0.39, 0.29) is 65.3 Å². The van der Waals surface area contributed by atoms with Crippen molar-refractivity contribution in [3.8, 4) is 0 Å². The van der Waals surface area contributed by atoms with Crippen molar-refractivity contribution in [2.75, 3.05) is 40.2 Å². The van der Waals surface area contributed by atoms with Crippen molar-refractivity contribution in [1.82, 2.24) is 4.90 Å². The Balaban J connectivity index is 1.39. The summed E-state index contributed by atoms with van der Waals surface area (Å²) in [6, 6.07) is 7.35. The van der Waals surface area contributed by atoms with Gasteiger partial charge in [0.05, 0.1) is 29.5 Å². The number of methoxy groups -OCH3 is 3. The van der Waals surface area contributed by atoms with E-state index in [1.807, 2.05) is 19.2 Å².